The second kappa shape index (κ2) is 6.74. The fourth-order valence-electron chi connectivity index (χ4n) is 3.76. The van der Waals surface area contributed by atoms with Crippen molar-refractivity contribution >= 4 is 5.95 Å². The van der Waals surface area contributed by atoms with Crippen molar-refractivity contribution in [1.82, 2.24) is 19.5 Å². The lowest BCUT2D eigenvalue weighted by Crippen LogP contribution is -2.40. The zero-order valence-corrected chi connectivity index (χ0v) is 15.3. The lowest BCUT2D eigenvalue weighted by Gasteiger charge is -2.35. The molecule has 6 nitrogen and oxygen atoms in total. The first-order chi connectivity index (χ1) is 12.9. The standard InChI is InChI=1S/C20H23FN6/c1-20(23)9-6-15(7-10-20)27-12-25-17(13-2-4-14(21)5-3-13)18(27)16-8-11-24-19(22)26-16/h2-5,8,11-12,15H,6-7,9-10,23H2,1H3,(H2,22,24,26). The molecular weight excluding hydrogens is 343 g/mol. The lowest BCUT2D eigenvalue weighted by atomic mass is 9.81. The van der Waals surface area contributed by atoms with Crippen LogP contribution in [0.5, 0.6) is 0 Å². The molecule has 3 aromatic rings. The first-order valence-electron chi connectivity index (χ1n) is 9.13. The molecule has 2 aromatic heterocycles. The van der Waals surface area contributed by atoms with E-state index in [2.05, 4.69) is 26.4 Å². The highest BCUT2D eigenvalue weighted by molar-refractivity contribution is 5.77. The molecular formula is C20H23FN6. The van der Waals surface area contributed by atoms with Crippen molar-refractivity contribution in [3.8, 4) is 22.6 Å². The van der Waals surface area contributed by atoms with Crippen LogP contribution in [-0.4, -0.2) is 25.1 Å². The van der Waals surface area contributed by atoms with Crippen LogP contribution in [0.1, 0.15) is 38.6 Å². The van der Waals surface area contributed by atoms with Crippen LogP contribution in [-0.2, 0) is 0 Å². The summed E-state index contributed by atoms with van der Waals surface area (Å²) >= 11 is 0. The molecule has 27 heavy (non-hydrogen) atoms. The Morgan fingerprint density at radius 3 is 2.48 bits per heavy atom. The monoisotopic (exact) mass is 366 g/mol. The van der Waals surface area contributed by atoms with E-state index in [1.54, 1.807) is 18.3 Å². The lowest BCUT2D eigenvalue weighted by molar-refractivity contribution is 0.253. The van der Waals surface area contributed by atoms with E-state index in [4.69, 9.17) is 11.5 Å². The Hall–Kier alpha value is -2.80. The van der Waals surface area contributed by atoms with Crippen LogP contribution in [0.25, 0.3) is 22.6 Å². The average Bonchev–Trinajstić information content (AvgIpc) is 3.07. The molecule has 2 heterocycles. The van der Waals surface area contributed by atoms with E-state index in [0.29, 0.717) is 5.69 Å². The normalized spacial score (nSPS) is 22.7. The number of rotatable bonds is 3. The average molecular weight is 366 g/mol. The van der Waals surface area contributed by atoms with E-state index in [-0.39, 0.29) is 23.3 Å². The topological polar surface area (TPSA) is 95.6 Å². The summed E-state index contributed by atoms with van der Waals surface area (Å²) in [6.45, 7) is 2.10. The van der Waals surface area contributed by atoms with Gasteiger partial charge in [0.05, 0.1) is 23.4 Å². The third-order valence-corrected chi connectivity index (χ3v) is 5.32. The largest absolute Gasteiger partial charge is 0.368 e. The quantitative estimate of drug-likeness (QED) is 0.739. The Morgan fingerprint density at radius 1 is 1.11 bits per heavy atom. The molecule has 1 saturated carbocycles. The van der Waals surface area contributed by atoms with Gasteiger partial charge in [0.2, 0.25) is 5.95 Å². The van der Waals surface area contributed by atoms with Crippen LogP contribution in [0.15, 0.2) is 42.9 Å². The molecule has 0 atom stereocenters. The van der Waals surface area contributed by atoms with Gasteiger partial charge in [-0.1, -0.05) is 0 Å². The van der Waals surface area contributed by atoms with Crippen LogP contribution >= 0.6 is 0 Å². The molecule has 1 aliphatic rings. The maximum Gasteiger partial charge on any atom is 0.220 e. The number of nitrogen functional groups attached to an aromatic ring is 1. The van der Waals surface area contributed by atoms with Crippen LogP contribution in [0.3, 0.4) is 0 Å². The smallest absolute Gasteiger partial charge is 0.220 e. The summed E-state index contributed by atoms with van der Waals surface area (Å²) in [5.74, 6) is -0.0657. The third kappa shape index (κ3) is 3.55. The Balaban J connectivity index is 1.81. The second-order valence-corrected chi connectivity index (χ2v) is 7.54. The van der Waals surface area contributed by atoms with Gasteiger partial charge in [-0.15, -0.1) is 0 Å². The molecule has 0 spiro atoms. The minimum absolute atomic E-state index is 0.115. The summed E-state index contributed by atoms with van der Waals surface area (Å²) in [4.78, 5) is 13.0. The minimum atomic E-state index is -0.277. The number of anilines is 1. The summed E-state index contributed by atoms with van der Waals surface area (Å²) in [7, 11) is 0. The molecule has 0 amide bonds. The number of hydrogen-bond donors (Lipinski definition) is 2. The van der Waals surface area contributed by atoms with Gasteiger partial charge in [-0.2, -0.15) is 0 Å². The van der Waals surface area contributed by atoms with Crippen LogP contribution < -0.4 is 11.5 Å². The molecule has 0 saturated heterocycles. The first-order valence-corrected chi connectivity index (χ1v) is 9.13. The number of halogens is 1. The molecule has 7 heteroatoms. The minimum Gasteiger partial charge on any atom is -0.368 e. The van der Waals surface area contributed by atoms with Gasteiger partial charge in [-0.3, -0.25) is 0 Å². The Morgan fingerprint density at radius 2 is 1.81 bits per heavy atom. The highest BCUT2D eigenvalue weighted by atomic mass is 19.1. The molecule has 4 rings (SSSR count). The van der Waals surface area contributed by atoms with Crippen molar-refractivity contribution < 1.29 is 4.39 Å². The van der Waals surface area contributed by atoms with Crippen molar-refractivity contribution in [1.29, 1.82) is 0 Å². The van der Waals surface area contributed by atoms with Crippen LogP contribution in [0, 0.1) is 5.82 Å². The Kier molecular flexibility index (Phi) is 4.39. The maximum atomic E-state index is 13.4. The number of imidazole rings is 1. The van der Waals surface area contributed by atoms with Crippen LogP contribution in [0.2, 0.25) is 0 Å². The van der Waals surface area contributed by atoms with E-state index >= 15 is 0 Å². The van der Waals surface area contributed by atoms with E-state index in [1.165, 1.54) is 12.1 Å². The summed E-state index contributed by atoms with van der Waals surface area (Å²) < 4.78 is 15.5. The number of aromatic nitrogens is 4. The summed E-state index contributed by atoms with van der Waals surface area (Å²) in [6, 6.07) is 8.45. The molecule has 4 N–H and O–H groups in total. The number of nitrogens with two attached hydrogens (primary N) is 2. The molecule has 1 aromatic carbocycles. The molecule has 140 valence electrons. The van der Waals surface area contributed by atoms with Gasteiger partial charge in [0, 0.05) is 23.3 Å². The Bertz CT molecular complexity index is 937. The third-order valence-electron chi connectivity index (χ3n) is 5.32. The molecule has 1 fully saturated rings. The predicted octanol–water partition coefficient (Wildman–Crippen LogP) is 3.56. The van der Waals surface area contributed by atoms with Gasteiger partial charge < -0.3 is 16.0 Å². The molecule has 0 unspecified atom stereocenters. The highest BCUT2D eigenvalue weighted by Gasteiger charge is 2.30. The fourth-order valence-corrected chi connectivity index (χ4v) is 3.76. The van der Waals surface area contributed by atoms with E-state index in [9.17, 15) is 4.39 Å². The summed E-state index contributed by atoms with van der Waals surface area (Å²) in [5, 5.41) is 0. The zero-order valence-electron chi connectivity index (χ0n) is 15.3. The van der Waals surface area contributed by atoms with Crippen molar-refractivity contribution in [3.05, 3.63) is 48.7 Å². The molecule has 0 bridgehead atoms. The van der Waals surface area contributed by atoms with E-state index < -0.39 is 0 Å². The van der Waals surface area contributed by atoms with E-state index in [1.807, 2.05) is 12.4 Å². The van der Waals surface area contributed by atoms with Crippen LogP contribution in [0.4, 0.5) is 10.3 Å². The van der Waals surface area contributed by atoms with Crippen molar-refractivity contribution in [2.75, 3.05) is 5.73 Å². The fraction of sp³-hybridized carbons (Fsp3) is 0.350. The summed E-state index contributed by atoms with van der Waals surface area (Å²) in [5.41, 5.74) is 15.2. The van der Waals surface area contributed by atoms with Crippen molar-refractivity contribution in [3.63, 3.8) is 0 Å². The second-order valence-electron chi connectivity index (χ2n) is 7.54. The Labute approximate surface area is 157 Å². The van der Waals surface area contributed by atoms with Gasteiger partial charge in [-0.25, -0.2) is 19.3 Å². The first kappa shape index (κ1) is 17.6. The molecule has 0 radical (unpaired) electrons. The molecule has 0 aliphatic heterocycles. The van der Waals surface area contributed by atoms with Gasteiger partial charge >= 0.3 is 0 Å². The van der Waals surface area contributed by atoms with Crippen molar-refractivity contribution in [2.45, 2.75) is 44.2 Å². The van der Waals surface area contributed by atoms with Gasteiger partial charge in [0.15, 0.2) is 0 Å². The molecule has 1 aliphatic carbocycles. The van der Waals surface area contributed by atoms with Gasteiger partial charge in [0.1, 0.15) is 5.82 Å². The SMILES string of the molecule is CC1(N)CCC(n2cnc(-c3ccc(F)cc3)c2-c2ccnc(N)n2)CC1. The van der Waals surface area contributed by atoms with Gasteiger partial charge in [0.25, 0.3) is 0 Å². The maximum absolute atomic E-state index is 13.4. The number of hydrogen-bond acceptors (Lipinski definition) is 5. The number of nitrogens with zero attached hydrogens (tertiary/aromatic N) is 4. The zero-order chi connectivity index (χ0) is 19.0. The predicted molar refractivity (Wildman–Crippen MR) is 103 cm³/mol. The van der Waals surface area contributed by atoms with Crippen molar-refractivity contribution in [2.24, 2.45) is 5.73 Å². The van der Waals surface area contributed by atoms with E-state index in [0.717, 1.165) is 42.6 Å². The summed E-state index contributed by atoms with van der Waals surface area (Å²) in [6.07, 6.45) is 7.33. The number of benzene rings is 1. The van der Waals surface area contributed by atoms with Gasteiger partial charge in [-0.05, 0) is 62.9 Å². The highest BCUT2D eigenvalue weighted by Crippen LogP contribution is 2.39.